The number of hydrogen-bond donors (Lipinski definition) is 2. The maximum Gasteiger partial charge on any atom is 0.310 e. The van der Waals surface area contributed by atoms with Crippen LogP contribution in [0, 0.1) is 23.7 Å². The molecule has 4 rings (SSSR count). The van der Waals surface area contributed by atoms with E-state index in [1.54, 1.807) is 12.1 Å². The first kappa shape index (κ1) is 19.2. The molecule has 3 fully saturated rings. The van der Waals surface area contributed by atoms with Gasteiger partial charge in [0.05, 0.1) is 16.7 Å². The fourth-order valence-corrected chi connectivity index (χ4v) is 5.53. The molecule has 2 aliphatic carbocycles. The van der Waals surface area contributed by atoms with Gasteiger partial charge in [-0.3, -0.25) is 30.0 Å². The van der Waals surface area contributed by atoms with E-state index in [9.17, 15) is 19.2 Å². The van der Waals surface area contributed by atoms with Gasteiger partial charge in [-0.25, -0.2) is 0 Å². The molecule has 1 aromatic carbocycles. The highest BCUT2D eigenvalue weighted by atomic mass is 79.9. The van der Waals surface area contributed by atoms with Gasteiger partial charge in [-0.2, -0.15) is 0 Å². The topological polar surface area (TPSA) is 111 Å². The summed E-state index contributed by atoms with van der Waals surface area (Å²) in [5.41, 5.74) is 4.71. The molecular formula is C18H16BrClN2O6. The molecule has 1 saturated heterocycles. The minimum absolute atomic E-state index is 0.0203. The number of esters is 2. The molecule has 0 spiro atoms. The minimum atomic E-state index is -0.693. The Morgan fingerprint density at radius 2 is 1.89 bits per heavy atom. The fourth-order valence-electron chi connectivity index (χ4n) is 4.36. The smallest absolute Gasteiger partial charge is 0.310 e. The first-order valence-corrected chi connectivity index (χ1v) is 10.0. The fraction of sp³-hybridized carbons (Fsp3) is 0.444. The van der Waals surface area contributed by atoms with Gasteiger partial charge in [0.1, 0.15) is 6.10 Å². The van der Waals surface area contributed by atoms with Gasteiger partial charge >= 0.3 is 11.9 Å². The second kappa shape index (κ2) is 7.36. The van der Waals surface area contributed by atoms with Gasteiger partial charge in [0.2, 0.25) is 0 Å². The molecule has 10 heteroatoms. The van der Waals surface area contributed by atoms with Crippen molar-refractivity contribution in [2.45, 2.75) is 17.4 Å². The molecule has 8 nitrogen and oxygen atoms in total. The van der Waals surface area contributed by atoms with Crippen molar-refractivity contribution in [2.24, 2.45) is 23.7 Å². The van der Waals surface area contributed by atoms with Crippen LogP contribution in [0.1, 0.15) is 16.8 Å². The number of halogens is 2. The zero-order chi connectivity index (χ0) is 20.0. The molecule has 2 N–H and O–H groups in total. The third-order valence-corrected chi connectivity index (χ3v) is 7.01. The van der Waals surface area contributed by atoms with Crippen molar-refractivity contribution in [3.8, 4) is 0 Å². The number of fused-ring (bicyclic) bond motifs is 1. The van der Waals surface area contributed by atoms with Crippen LogP contribution in [-0.2, 0) is 23.9 Å². The van der Waals surface area contributed by atoms with E-state index in [-0.39, 0.29) is 28.7 Å². The number of carbonyl (C=O) groups is 4. The first-order chi connectivity index (χ1) is 13.4. The Morgan fingerprint density at radius 1 is 1.18 bits per heavy atom. The highest BCUT2D eigenvalue weighted by Gasteiger charge is 2.68. The monoisotopic (exact) mass is 470 g/mol. The number of amides is 2. The van der Waals surface area contributed by atoms with E-state index in [0.717, 1.165) is 6.42 Å². The third kappa shape index (κ3) is 3.26. The van der Waals surface area contributed by atoms with Crippen LogP contribution in [0.4, 0.5) is 0 Å². The zero-order valence-electron chi connectivity index (χ0n) is 14.4. The molecule has 28 heavy (non-hydrogen) atoms. The second-order valence-corrected chi connectivity index (χ2v) is 8.57. The van der Waals surface area contributed by atoms with Gasteiger partial charge in [-0.15, -0.1) is 0 Å². The Labute approximate surface area is 173 Å². The molecule has 2 amide bonds. The Balaban J connectivity index is 1.27. The van der Waals surface area contributed by atoms with E-state index in [4.69, 9.17) is 21.1 Å². The molecule has 148 valence electrons. The lowest BCUT2D eigenvalue weighted by Crippen LogP contribution is -2.44. The predicted molar refractivity (Wildman–Crippen MR) is 99.2 cm³/mol. The molecule has 1 aliphatic heterocycles. The average Bonchev–Trinajstić information content (AvgIpc) is 3.29. The van der Waals surface area contributed by atoms with Crippen LogP contribution >= 0.6 is 27.5 Å². The van der Waals surface area contributed by atoms with Crippen molar-refractivity contribution in [1.82, 2.24) is 10.9 Å². The Morgan fingerprint density at radius 3 is 2.61 bits per heavy atom. The van der Waals surface area contributed by atoms with E-state index < -0.39 is 36.2 Å². The third-order valence-electron chi connectivity index (χ3n) is 5.56. The normalized spacial score (nSPS) is 32.0. The zero-order valence-corrected chi connectivity index (χ0v) is 16.7. The quantitative estimate of drug-likeness (QED) is 0.388. The lowest BCUT2D eigenvalue weighted by molar-refractivity contribution is -0.158. The highest BCUT2D eigenvalue weighted by molar-refractivity contribution is 9.09. The largest absolute Gasteiger partial charge is 0.461 e. The number of rotatable bonds is 4. The van der Waals surface area contributed by atoms with E-state index in [2.05, 4.69) is 26.8 Å². The van der Waals surface area contributed by atoms with Crippen LogP contribution in [0.5, 0.6) is 0 Å². The van der Waals surface area contributed by atoms with Gasteiger partial charge in [0.15, 0.2) is 6.61 Å². The van der Waals surface area contributed by atoms with Gasteiger partial charge in [0, 0.05) is 16.5 Å². The number of ether oxygens (including phenoxy) is 2. The molecule has 6 atom stereocenters. The SMILES string of the molecule is O=C(COC(=O)[C@@H]1[C@H]2C[C@H]3[C@H](OC(=O)[C@@H]31)[C@@H]2Br)NNC(=O)c1ccc(Cl)cc1. The molecule has 3 aliphatic rings. The summed E-state index contributed by atoms with van der Waals surface area (Å²) < 4.78 is 10.4. The molecule has 0 radical (unpaired) electrons. The van der Waals surface area contributed by atoms with Gasteiger partial charge in [-0.1, -0.05) is 27.5 Å². The number of nitrogens with one attached hydrogen (secondary N) is 2. The molecule has 2 saturated carbocycles. The van der Waals surface area contributed by atoms with Crippen molar-refractivity contribution >= 4 is 51.3 Å². The summed E-state index contributed by atoms with van der Waals surface area (Å²) in [6, 6.07) is 6.10. The van der Waals surface area contributed by atoms with Crippen molar-refractivity contribution in [3.63, 3.8) is 0 Å². The van der Waals surface area contributed by atoms with Crippen LogP contribution in [0.3, 0.4) is 0 Å². The van der Waals surface area contributed by atoms with Crippen LogP contribution in [0.2, 0.25) is 5.02 Å². The van der Waals surface area contributed by atoms with Gasteiger partial charge in [0.25, 0.3) is 11.8 Å². The molecule has 1 heterocycles. The van der Waals surface area contributed by atoms with Crippen LogP contribution in [-0.4, -0.2) is 41.3 Å². The average molecular weight is 472 g/mol. The van der Waals surface area contributed by atoms with Crippen molar-refractivity contribution in [3.05, 3.63) is 34.9 Å². The summed E-state index contributed by atoms with van der Waals surface area (Å²) in [6.07, 6.45) is 0.540. The predicted octanol–water partition coefficient (Wildman–Crippen LogP) is 1.22. The van der Waals surface area contributed by atoms with Crippen LogP contribution in [0.25, 0.3) is 0 Å². The molecule has 0 unspecified atom stereocenters. The van der Waals surface area contributed by atoms with E-state index in [0.29, 0.717) is 10.6 Å². The molecule has 2 bridgehead atoms. The maximum absolute atomic E-state index is 12.5. The minimum Gasteiger partial charge on any atom is -0.461 e. The van der Waals surface area contributed by atoms with Crippen LogP contribution < -0.4 is 10.9 Å². The van der Waals surface area contributed by atoms with Crippen LogP contribution in [0.15, 0.2) is 24.3 Å². The van der Waals surface area contributed by atoms with Crippen molar-refractivity contribution in [1.29, 1.82) is 0 Å². The van der Waals surface area contributed by atoms with Gasteiger partial charge < -0.3 is 9.47 Å². The lowest BCUT2D eigenvalue weighted by atomic mass is 9.80. The summed E-state index contributed by atoms with van der Waals surface area (Å²) in [6.45, 7) is -0.564. The van der Waals surface area contributed by atoms with E-state index in [1.807, 2.05) is 0 Å². The highest BCUT2D eigenvalue weighted by Crippen LogP contribution is 2.60. The lowest BCUT2D eigenvalue weighted by Gasteiger charge is -2.26. The maximum atomic E-state index is 12.5. The van der Waals surface area contributed by atoms with Crippen molar-refractivity contribution < 1.29 is 28.7 Å². The van der Waals surface area contributed by atoms with Crippen molar-refractivity contribution in [2.75, 3.05) is 6.61 Å². The number of carbonyl (C=O) groups excluding carboxylic acids is 4. The summed E-state index contributed by atoms with van der Waals surface area (Å²) in [5, 5.41) is 0.483. The Kier molecular flexibility index (Phi) is 5.05. The number of alkyl halides is 1. The summed E-state index contributed by atoms with van der Waals surface area (Å²) >= 11 is 9.26. The standard InChI is InChI=1S/C18H16BrClN2O6/c19-14-9-5-10-13(18(26)28-15(10)14)12(9)17(25)27-6-11(23)21-22-16(24)7-1-3-8(20)4-2-7/h1-4,9-10,12-15H,5-6H2,(H,21,23)(H,22,24)/t9-,10-,12-,13+,14-,15+/m1/s1. The molecule has 1 aromatic rings. The van der Waals surface area contributed by atoms with E-state index >= 15 is 0 Å². The summed E-state index contributed by atoms with van der Waals surface area (Å²) in [5.74, 6) is -3.34. The number of benzene rings is 1. The Hall–Kier alpha value is -2.13. The number of hydrazine groups is 1. The molecule has 0 aromatic heterocycles. The summed E-state index contributed by atoms with van der Waals surface area (Å²) in [7, 11) is 0. The Bertz CT molecular complexity index is 847. The second-order valence-electron chi connectivity index (χ2n) is 7.08. The summed E-state index contributed by atoms with van der Waals surface area (Å²) in [4.78, 5) is 48.2. The molecular weight excluding hydrogens is 456 g/mol. The van der Waals surface area contributed by atoms with Gasteiger partial charge in [-0.05, 0) is 36.6 Å². The van der Waals surface area contributed by atoms with E-state index in [1.165, 1.54) is 12.1 Å². The number of hydrogen-bond acceptors (Lipinski definition) is 6. The first-order valence-electron chi connectivity index (χ1n) is 8.73.